The van der Waals surface area contributed by atoms with Crippen molar-refractivity contribution in [2.24, 2.45) is 0 Å². The van der Waals surface area contributed by atoms with Gasteiger partial charge in [-0.2, -0.15) is 0 Å². The molecular formula is C24H20N2O4. The second-order valence-corrected chi connectivity index (χ2v) is 6.96. The van der Waals surface area contributed by atoms with Crippen molar-refractivity contribution in [1.29, 1.82) is 0 Å². The van der Waals surface area contributed by atoms with Gasteiger partial charge in [0.2, 0.25) is 0 Å². The molecule has 0 radical (unpaired) electrons. The Morgan fingerprint density at radius 2 is 1.40 bits per heavy atom. The minimum atomic E-state index is -0.486. The van der Waals surface area contributed by atoms with Crippen molar-refractivity contribution < 1.29 is 19.1 Å². The molecule has 0 bridgehead atoms. The van der Waals surface area contributed by atoms with E-state index in [1.807, 2.05) is 42.5 Å². The number of carbonyl (C=O) groups excluding carboxylic acids is 3. The van der Waals surface area contributed by atoms with Crippen LogP contribution in [0.4, 0.5) is 10.5 Å². The maximum absolute atomic E-state index is 12.4. The van der Waals surface area contributed by atoms with Crippen molar-refractivity contribution in [2.45, 2.75) is 6.42 Å². The van der Waals surface area contributed by atoms with Crippen LogP contribution in [-0.2, 0) is 6.42 Å². The minimum Gasteiger partial charge on any atom is -0.410 e. The van der Waals surface area contributed by atoms with Crippen molar-refractivity contribution in [2.75, 3.05) is 18.5 Å². The van der Waals surface area contributed by atoms with Crippen LogP contribution in [0, 0.1) is 0 Å². The number of benzene rings is 3. The summed E-state index contributed by atoms with van der Waals surface area (Å²) in [5.74, 6) is -0.0949. The zero-order valence-corrected chi connectivity index (χ0v) is 16.4. The number of para-hydroxylation sites is 1. The minimum absolute atomic E-state index is 0.259. The highest BCUT2D eigenvalue weighted by Gasteiger charge is 2.34. The molecule has 1 heterocycles. The van der Waals surface area contributed by atoms with Gasteiger partial charge >= 0.3 is 6.09 Å². The van der Waals surface area contributed by atoms with Gasteiger partial charge in [-0.25, -0.2) is 4.79 Å². The van der Waals surface area contributed by atoms with Gasteiger partial charge < -0.3 is 4.74 Å². The molecule has 0 fully saturated rings. The Balaban J connectivity index is 1.35. The summed E-state index contributed by atoms with van der Waals surface area (Å²) in [6, 6.07) is 23.1. The molecule has 0 N–H and O–H groups in total. The third-order valence-electron chi connectivity index (χ3n) is 5.05. The highest BCUT2D eigenvalue weighted by molar-refractivity contribution is 6.21. The molecule has 0 spiro atoms. The summed E-state index contributed by atoms with van der Waals surface area (Å²) < 4.78 is 5.41. The molecule has 150 valence electrons. The first-order valence-corrected chi connectivity index (χ1v) is 9.59. The molecule has 4 rings (SSSR count). The van der Waals surface area contributed by atoms with E-state index < -0.39 is 6.09 Å². The summed E-state index contributed by atoms with van der Waals surface area (Å²) in [6.07, 6.45) is 0.0313. The predicted molar refractivity (Wildman–Crippen MR) is 113 cm³/mol. The number of nitrogens with zero attached hydrogens (tertiary/aromatic N) is 2. The van der Waals surface area contributed by atoms with Crippen LogP contribution in [0.5, 0.6) is 5.75 Å². The molecule has 0 unspecified atom stereocenters. The largest absolute Gasteiger partial charge is 0.419 e. The fourth-order valence-electron chi connectivity index (χ4n) is 3.33. The van der Waals surface area contributed by atoms with Crippen LogP contribution in [0.3, 0.4) is 0 Å². The average Bonchev–Trinajstić information content (AvgIpc) is 3.03. The Hall–Kier alpha value is -3.93. The molecule has 0 saturated heterocycles. The smallest absolute Gasteiger partial charge is 0.410 e. The highest BCUT2D eigenvalue weighted by Crippen LogP contribution is 2.23. The zero-order valence-electron chi connectivity index (χ0n) is 16.4. The molecule has 0 saturated carbocycles. The fraction of sp³-hybridized carbons (Fsp3) is 0.125. The maximum Gasteiger partial charge on any atom is 0.419 e. The molecule has 30 heavy (non-hydrogen) atoms. The summed E-state index contributed by atoms with van der Waals surface area (Å²) in [6.45, 7) is 0.294. The van der Waals surface area contributed by atoms with Gasteiger partial charge in [-0.15, -0.1) is 0 Å². The summed E-state index contributed by atoms with van der Waals surface area (Å²) >= 11 is 0. The van der Waals surface area contributed by atoms with Crippen LogP contribution in [0.1, 0.15) is 26.3 Å². The van der Waals surface area contributed by atoms with Gasteiger partial charge in [-0.3, -0.25) is 19.4 Å². The number of carbonyl (C=O) groups is 3. The molecule has 6 heteroatoms. The molecule has 1 aliphatic rings. The number of fused-ring (bicyclic) bond motifs is 1. The van der Waals surface area contributed by atoms with Gasteiger partial charge in [-0.05, 0) is 48.4 Å². The zero-order chi connectivity index (χ0) is 21.1. The van der Waals surface area contributed by atoms with Gasteiger partial charge in [0.25, 0.3) is 11.8 Å². The number of ether oxygens (including phenoxy) is 1. The van der Waals surface area contributed by atoms with Gasteiger partial charge in [0.05, 0.1) is 11.1 Å². The second kappa shape index (κ2) is 8.21. The fourth-order valence-corrected chi connectivity index (χ4v) is 3.33. The number of anilines is 1. The lowest BCUT2D eigenvalue weighted by atomic mass is 10.1. The van der Waals surface area contributed by atoms with Crippen molar-refractivity contribution in [3.63, 3.8) is 0 Å². The standard InChI is InChI=1S/C24H20N2O4/c1-25(18-7-3-2-4-8-18)24(29)30-19-13-11-17(12-14-19)15-16-26-22(27)20-9-5-6-10-21(20)23(26)28/h2-14H,15-16H2,1H3. The van der Waals surface area contributed by atoms with E-state index in [-0.39, 0.29) is 11.8 Å². The number of hydrogen-bond donors (Lipinski definition) is 0. The summed E-state index contributed by atoms with van der Waals surface area (Å²) in [5.41, 5.74) is 2.57. The number of hydrogen-bond acceptors (Lipinski definition) is 4. The number of imide groups is 1. The van der Waals surface area contributed by atoms with Gasteiger partial charge in [0, 0.05) is 19.3 Å². The second-order valence-electron chi connectivity index (χ2n) is 6.96. The van der Waals surface area contributed by atoms with E-state index in [1.54, 1.807) is 43.4 Å². The lowest BCUT2D eigenvalue weighted by Gasteiger charge is -2.17. The van der Waals surface area contributed by atoms with E-state index in [0.717, 1.165) is 11.3 Å². The summed E-state index contributed by atoms with van der Waals surface area (Å²) in [7, 11) is 1.65. The predicted octanol–water partition coefficient (Wildman–Crippen LogP) is 4.16. The monoisotopic (exact) mass is 400 g/mol. The lowest BCUT2D eigenvalue weighted by Crippen LogP contribution is -2.31. The van der Waals surface area contributed by atoms with Crippen molar-refractivity contribution in [1.82, 2.24) is 4.90 Å². The first-order chi connectivity index (χ1) is 14.5. The molecule has 6 nitrogen and oxygen atoms in total. The third kappa shape index (κ3) is 3.80. The first-order valence-electron chi connectivity index (χ1n) is 9.59. The van der Waals surface area contributed by atoms with Crippen LogP contribution in [0.15, 0.2) is 78.9 Å². The molecule has 1 aliphatic heterocycles. The van der Waals surface area contributed by atoms with Crippen LogP contribution < -0.4 is 9.64 Å². The molecule has 3 aromatic rings. The van der Waals surface area contributed by atoms with Crippen molar-refractivity contribution in [3.05, 3.63) is 95.6 Å². The Bertz CT molecular complexity index is 1060. The van der Waals surface area contributed by atoms with Crippen LogP contribution in [0.25, 0.3) is 0 Å². The normalized spacial score (nSPS) is 12.6. The molecule has 3 amide bonds. The Morgan fingerprint density at radius 3 is 2.00 bits per heavy atom. The lowest BCUT2D eigenvalue weighted by molar-refractivity contribution is 0.0656. The molecule has 3 aromatic carbocycles. The third-order valence-corrected chi connectivity index (χ3v) is 5.05. The van der Waals surface area contributed by atoms with E-state index in [4.69, 9.17) is 4.74 Å². The van der Waals surface area contributed by atoms with Crippen molar-refractivity contribution >= 4 is 23.6 Å². The average molecular weight is 400 g/mol. The molecule has 0 aromatic heterocycles. The number of rotatable bonds is 5. The highest BCUT2D eigenvalue weighted by atomic mass is 16.6. The summed E-state index contributed by atoms with van der Waals surface area (Å²) in [5, 5.41) is 0. The SMILES string of the molecule is CN(C(=O)Oc1ccc(CCN2C(=O)c3ccccc3C2=O)cc1)c1ccccc1. The Kier molecular flexibility index (Phi) is 5.30. The molecule has 0 aliphatic carbocycles. The molecule has 0 atom stereocenters. The quantitative estimate of drug-likeness (QED) is 0.603. The Morgan fingerprint density at radius 1 is 0.833 bits per heavy atom. The van der Waals surface area contributed by atoms with Gasteiger partial charge in [-0.1, -0.05) is 42.5 Å². The van der Waals surface area contributed by atoms with E-state index >= 15 is 0 Å². The van der Waals surface area contributed by atoms with Crippen LogP contribution >= 0.6 is 0 Å². The number of amides is 3. The van der Waals surface area contributed by atoms with E-state index in [1.165, 1.54) is 9.80 Å². The Labute approximate surface area is 174 Å². The molecular weight excluding hydrogens is 380 g/mol. The van der Waals surface area contributed by atoms with Gasteiger partial charge in [0.15, 0.2) is 0 Å². The van der Waals surface area contributed by atoms with Crippen molar-refractivity contribution in [3.8, 4) is 5.75 Å². The van der Waals surface area contributed by atoms with E-state index in [0.29, 0.717) is 29.8 Å². The first kappa shape index (κ1) is 19.4. The van der Waals surface area contributed by atoms with E-state index in [2.05, 4.69) is 0 Å². The van der Waals surface area contributed by atoms with Crippen LogP contribution in [-0.4, -0.2) is 36.4 Å². The van der Waals surface area contributed by atoms with E-state index in [9.17, 15) is 14.4 Å². The van der Waals surface area contributed by atoms with Crippen LogP contribution in [0.2, 0.25) is 0 Å². The maximum atomic E-state index is 12.4. The topological polar surface area (TPSA) is 66.9 Å². The van der Waals surface area contributed by atoms with Gasteiger partial charge in [0.1, 0.15) is 5.75 Å². The summed E-state index contributed by atoms with van der Waals surface area (Å²) in [4.78, 5) is 39.9.